The normalized spacial score (nSPS) is 22.1. The molecule has 1 fully saturated rings. The first-order chi connectivity index (χ1) is 3.93. The summed E-state index contributed by atoms with van der Waals surface area (Å²) < 4.78 is 5.37. The molecule has 1 rings (SSSR count). The van der Waals surface area contributed by atoms with Crippen LogP contribution in [0.4, 0.5) is 0 Å². The van der Waals surface area contributed by atoms with E-state index in [1.807, 2.05) is 0 Å². The second kappa shape index (κ2) is 3.08. The molecule has 0 saturated heterocycles. The third-order valence-electron chi connectivity index (χ3n) is 1.52. The molecule has 1 aliphatic carbocycles. The third kappa shape index (κ3) is 1.48. The quantitative estimate of drug-likeness (QED) is 0.530. The third-order valence-corrected chi connectivity index (χ3v) is 1.52. The van der Waals surface area contributed by atoms with Crippen molar-refractivity contribution in [1.82, 2.24) is 0 Å². The van der Waals surface area contributed by atoms with Gasteiger partial charge in [-0.1, -0.05) is 0 Å². The maximum Gasteiger partial charge on any atom is 0.0577 e. The highest BCUT2D eigenvalue weighted by Crippen LogP contribution is 2.19. The van der Waals surface area contributed by atoms with Gasteiger partial charge < -0.3 is 4.74 Å². The van der Waals surface area contributed by atoms with E-state index >= 15 is 0 Å². The van der Waals surface area contributed by atoms with Crippen molar-refractivity contribution in [3.8, 4) is 0 Å². The molecule has 0 heterocycles. The van der Waals surface area contributed by atoms with Crippen LogP contribution in [0.1, 0.15) is 26.2 Å². The van der Waals surface area contributed by atoms with Crippen molar-refractivity contribution >= 4 is 0 Å². The van der Waals surface area contributed by atoms with Crippen molar-refractivity contribution in [3.63, 3.8) is 0 Å². The lowest BCUT2D eigenvalue weighted by Crippen LogP contribution is -2.05. The van der Waals surface area contributed by atoms with Crippen LogP contribution in [0.2, 0.25) is 0 Å². The largest absolute Gasteiger partial charge is 0.378 e. The zero-order valence-corrected chi connectivity index (χ0v) is 5.39. The summed E-state index contributed by atoms with van der Waals surface area (Å²) in [4.78, 5) is 0. The Kier molecular flexibility index (Phi) is 2.34. The molecule has 0 aliphatic heterocycles. The Hall–Kier alpha value is -0.0400. The highest BCUT2D eigenvalue weighted by atomic mass is 16.5. The SMILES string of the molecule is CCO[C@H]1C[CH]CC1. The zero-order chi connectivity index (χ0) is 5.82. The second-order valence-electron chi connectivity index (χ2n) is 2.18. The minimum atomic E-state index is 0.556. The first kappa shape index (κ1) is 6.09. The molecule has 47 valence electrons. The Labute approximate surface area is 51.0 Å². The molecule has 1 atom stereocenters. The summed E-state index contributed by atoms with van der Waals surface area (Å²) in [7, 11) is 0. The van der Waals surface area contributed by atoms with E-state index in [-0.39, 0.29) is 0 Å². The number of hydrogen-bond donors (Lipinski definition) is 0. The molecule has 8 heavy (non-hydrogen) atoms. The second-order valence-corrected chi connectivity index (χ2v) is 2.18. The van der Waals surface area contributed by atoms with Gasteiger partial charge in [0.25, 0.3) is 0 Å². The van der Waals surface area contributed by atoms with E-state index in [9.17, 15) is 0 Å². The number of rotatable bonds is 2. The molecule has 0 spiro atoms. The van der Waals surface area contributed by atoms with Crippen LogP contribution in [0.3, 0.4) is 0 Å². The van der Waals surface area contributed by atoms with Crippen molar-refractivity contribution < 1.29 is 4.74 Å². The first-order valence-electron chi connectivity index (χ1n) is 3.36. The average molecular weight is 113 g/mol. The lowest BCUT2D eigenvalue weighted by atomic mass is 10.3. The molecule has 1 aliphatic rings. The number of ether oxygens (including phenoxy) is 1. The van der Waals surface area contributed by atoms with Gasteiger partial charge in [0, 0.05) is 6.61 Å². The Morgan fingerprint density at radius 1 is 1.75 bits per heavy atom. The van der Waals surface area contributed by atoms with Gasteiger partial charge in [0.05, 0.1) is 6.10 Å². The molecule has 0 aromatic heterocycles. The molecule has 0 aromatic rings. The molecule has 1 nitrogen and oxygen atoms in total. The summed E-state index contributed by atoms with van der Waals surface area (Å²) >= 11 is 0. The molecule has 0 aromatic carbocycles. The topological polar surface area (TPSA) is 9.23 Å². The van der Waals surface area contributed by atoms with Crippen LogP contribution >= 0.6 is 0 Å². The molecule has 1 radical (unpaired) electrons. The van der Waals surface area contributed by atoms with E-state index in [4.69, 9.17) is 4.74 Å². The lowest BCUT2D eigenvalue weighted by molar-refractivity contribution is 0.0702. The monoisotopic (exact) mass is 113 g/mol. The highest BCUT2D eigenvalue weighted by Gasteiger charge is 2.13. The fraction of sp³-hybridized carbons (Fsp3) is 0.857. The van der Waals surface area contributed by atoms with Crippen LogP contribution in [0.15, 0.2) is 0 Å². The fourth-order valence-electron chi connectivity index (χ4n) is 1.11. The zero-order valence-electron chi connectivity index (χ0n) is 5.39. The van der Waals surface area contributed by atoms with Crippen molar-refractivity contribution in [2.75, 3.05) is 6.61 Å². The molecule has 0 N–H and O–H groups in total. The molecule has 0 amide bonds. The van der Waals surface area contributed by atoms with Gasteiger partial charge in [-0.05, 0) is 32.6 Å². The molecular formula is C7H13O. The predicted molar refractivity (Wildman–Crippen MR) is 33.6 cm³/mol. The summed E-state index contributed by atoms with van der Waals surface area (Å²) in [6, 6.07) is 0. The van der Waals surface area contributed by atoms with Crippen LogP contribution in [-0.2, 0) is 4.74 Å². The average Bonchev–Trinajstić information content (AvgIpc) is 2.19. The van der Waals surface area contributed by atoms with E-state index in [1.165, 1.54) is 19.3 Å². The molecule has 0 bridgehead atoms. The summed E-state index contributed by atoms with van der Waals surface area (Å²) in [5.74, 6) is 0. The van der Waals surface area contributed by atoms with Gasteiger partial charge in [-0.3, -0.25) is 0 Å². The van der Waals surface area contributed by atoms with Crippen LogP contribution < -0.4 is 0 Å². The predicted octanol–water partition coefficient (Wildman–Crippen LogP) is 1.78. The maximum atomic E-state index is 5.37. The molecule has 1 saturated carbocycles. The Bertz CT molecular complexity index is 55.4. The van der Waals surface area contributed by atoms with Gasteiger partial charge in [0.1, 0.15) is 0 Å². The van der Waals surface area contributed by atoms with E-state index in [0.717, 1.165) is 6.61 Å². The van der Waals surface area contributed by atoms with E-state index < -0.39 is 0 Å². The van der Waals surface area contributed by atoms with Gasteiger partial charge in [0.15, 0.2) is 0 Å². The lowest BCUT2D eigenvalue weighted by Gasteiger charge is -2.06. The van der Waals surface area contributed by atoms with Crippen molar-refractivity contribution in [3.05, 3.63) is 6.42 Å². The Morgan fingerprint density at radius 2 is 2.62 bits per heavy atom. The summed E-state index contributed by atoms with van der Waals surface area (Å²) in [5.41, 5.74) is 0. The van der Waals surface area contributed by atoms with Gasteiger partial charge in [-0.15, -0.1) is 0 Å². The maximum absolute atomic E-state index is 5.37. The first-order valence-corrected chi connectivity index (χ1v) is 3.36. The summed E-state index contributed by atoms with van der Waals surface area (Å²) in [5, 5.41) is 0. The van der Waals surface area contributed by atoms with Crippen LogP contribution in [0, 0.1) is 6.42 Å². The molecule has 1 heteroatoms. The van der Waals surface area contributed by atoms with Gasteiger partial charge in [-0.2, -0.15) is 0 Å². The molecular weight excluding hydrogens is 100 g/mol. The summed E-state index contributed by atoms with van der Waals surface area (Å²) in [6.07, 6.45) is 6.53. The Balaban J connectivity index is 2.06. The van der Waals surface area contributed by atoms with Crippen LogP contribution in [0.5, 0.6) is 0 Å². The van der Waals surface area contributed by atoms with Gasteiger partial charge in [0.2, 0.25) is 0 Å². The molecule has 0 unspecified atom stereocenters. The number of hydrogen-bond acceptors (Lipinski definition) is 1. The minimum absolute atomic E-state index is 0.556. The summed E-state index contributed by atoms with van der Waals surface area (Å²) in [6.45, 7) is 2.93. The Morgan fingerprint density at radius 3 is 3.12 bits per heavy atom. The smallest absolute Gasteiger partial charge is 0.0577 e. The van der Waals surface area contributed by atoms with E-state index in [1.54, 1.807) is 0 Å². The highest BCUT2D eigenvalue weighted by molar-refractivity contribution is 4.80. The van der Waals surface area contributed by atoms with Crippen LogP contribution in [0.25, 0.3) is 0 Å². The fourth-order valence-corrected chi connectivity index (χ4v) is 1.11. The standard InChI is InChI=1S/C7H13O/c1-2-8-7-5-3-4-6-7/h3,7H,2,4-6H2,1H3/t7-/m0/s1. The van der Waals surface area contributed by atoms with Crippen molar-refractivity contribution in [2.45, 2.75) is 32.3 Å². The minimum Gasteiger partial charge on any atom is -0.378 e. The van der Waals surface area contributed by atoms with Gasteiger partial charge >= 0.3 is 0 Å². The van der Waals surface area contributed by atoms with E-state index in [2.05, 4.69) is 13.3 Å². The van der Waals surface area contributed by atoms with Crippen molar-refractivity contribution in [2.24, 2.45) is 0 Å². The van der Waals surface area contributed by atoms with Gasteiger partial charge in [-0.25, -0.2) is 0 Å². The van der Waals surface area contributed by atoms with E-state index in [0.29, 0.717) is 6.10 Å². The van der Waals surface area contributed by atoms with Crippen LogP contribution in [-0.4, -0.2) is 12.7 Å². The van der Waals surface area contributed by atoms with Crippen molar-refractivity contribution in [1.29, 1.82) is 0 Å².